The Morgan fingerprint density at radius 3 is 3.07 bits per heavy atom. The van der Waals surface area contributed by atoms with Gasteiger partial charge >= 0.3 is 6.03 Å². The second-order valence-electron chi connectivity index (χ2n) is 2.90. The summed E-state index contributed by atoms with van der Waals surface area (Å²) < 4.78 is 0. The Morgan fingerprint density at radius 1 is 1.73 bits per heavy atom. The lowest BCUT2D eigenvalue weighted by Gasteiger charge is -2.19. The Kier molecular flexibility index (Phi) is 4.86. The maximum absolute atomic E-state index is 11.7. The third kappa shape index (κ3) is 3.73. The molecular formula is C10H14N2O2S. The van der Waals surface area contributed by atoms with Crippen LogP contribution in [0, 0.1) is 0 Å². The van der Waals surface area contributed by atoms with Crippen LogP contribution < -0.4 is 5.32 Å². The highest BCUT2D eigenvalue weighted by molar-refractivity contribution is 7.08. The Labute approximate surface area is 92.8 Å². The molecule has 15 heavy (non-hydrogen) atoms. The maximum Gasteiger partial charge on any atom is 0.322 e. The topological polar surface area (TPSA) is 52.6 Å². The number of urea groups is 1. The van der Waals surface area contributed by atoms with Crippen LogP contribution in [-0.4, -0.2) is 35.7 Å². The van der Waals surface area contributed by atoms with Gasteiger partial charge in [-0.05, 0) is 11.4 Å². The number of hydrogen-bond acceptors (Lipinski definition) is 3. The predicted molar refractivity (Wildman–Crippen MR) is 62.2 cm³/mol. The molecule has 4 nitrogen and oxygen atoms in total. The van der Waals surface area contributed by atoms with Crippen molar-refractivity contribution in [3.63, 3.8) is 0 Å². The number of nitrogens with one attached hydrogen (secondary N) is 1. The third-order valence-electron chi connectivity index (χ3n) is 1.78. The summed E-state index contributed by atoms with van der Waals surface area (Å²) in [6, 6.07) is 1.61. The molecular weight excluding hydrogens is 212 g/mol. The van der Waals surface area contributed by atoms with Gasteiger partial charge in [0.05, 0.1) is 12.3 Å². The van der Waals surface area contributed by atoms with Gasteiger partial charge in [-0.2, -0.15) is 11.3 Å². The van der Waals surface area contributed by atoms with Gasteiger partial charge in [-0.3, -0.25) is 0 Å². The van der Waals surface area contributed by atoms with Crippen LogP contribution >= 0.6 is 11.3 Å². The van der Waals surface area contributed by atoms with E-state index >= 15 is 0 Å². The second kappa shape index (κ2) is 6.21. The van der Waals surface area contributed by atoms with Crippen molar-refractivity contribution in [2.24, 2.45) is 0 Å². The first-order chi connectivity index (χ1) is 7.27. The fourth-order valence-electron chi connectivity index (χ4n) is 1.09. The van der Waals surface area contributed by atoms with E-state index in [9.17, 15) is 4.79 Å². The van der Waals surface area contributed by atoms with Crippen LogP contribution in [0.2, 0.25) is 0 Å². The average molecular weight is 226 g/mol. The van der Waals surface area contributed by atoms with Crippen LogP contribution in [0.3, 0.4) is 0 Å². The van der Waals surface area contributed by atoms with Crippen LogP contribution in [0.15, 0.2) is 29.5 Å². The summed E-state index contributed by atoms with van der Waals surface area (Å²) in [7, 11) is 0. The minimum atomic E-state index is -0.220. The van der Waals surface area contributed by atoms with Gasteiger partial charge in [0.2, 0.25) is 0 Å². The monoisotopic (exact) mass is 226 g/mol. The number of amides is 2. The quantitative estimate of drug-likeness (QED) is 0.752. The lowest BCUT2D eigenvalue weighted by Crippen LogP contribution is -2.37. The lowest BCUT2D eigenvalue weighted by molar-refractivity contribution is 0.195. The SMILES string of the molecule is C=CCN(CCO)C(=O)Nc1ccsc1. The van der Waals surface area contributed by atoms with Crippen molar-refractivity contribution >= 4 is 23.1 Å². The number of hydrogen-bond donors (Lipinski definition) is 2. The summed E-state index contributed by atoms with van der Waals surface area (Å²) in [6.07, 6.45) is 1.63. The number of aliphatic hydroxyl groups excluding tert-OH is 1. The van der Waals surface area contributed by atoms with Crippen LogP contribution in [-0.2, 0) is 0 Å². The molecule has 2 N–H and O–H groups in total. The molecule has 1 aromatic rings. The van der Waals surface area contributed by atoms with Crippen molar-refractivity contribution in [1.29, 1.82) is 0 Å². The van der Waals surface area contributed by atoms with E-state index < -0.39 is 0 Å². The summed E-state index contributed by atoms with van der Waals surface area (Å²) in [6.45, 7) is 4.24. The fraction of sp³-hybridized carbons (Fsp3) is 0.300. The minimum Gasteiger partial charge on any atom is -0.395 e. The van der Waals surface area contributed by atoms with Crippen molar-refractivity contribution in [3.05, 3.63) is 29.5 Å². The number of nitrogens with zero attached hydrogens (tertiary/aromatic N) is 1. The first-order valence-corrected chi connectivity index (χ1v) is 5.52. The first kappa shape index (κ1) is 11.7. The number of anilines is 1. The molecule has 0 bridgehead atoms. The molecule has 0 unspecified atom stereocenters. The molecule has 0 aliphatic carbocycles. The summed E-state index contributed by atoms with van der Waals surface area (Å²) in [5, 5.41) is 15.3. The summed E-state index contributed by atoms with van der Waals surface area (Å²) in [5.41, 5.74) is 0.775. The highest BCUT2D eigenvalue weighted by atomic mass is 32.1. The van der Waals surface area contributed by atoms with E-state index in [0.29, 0.717) is 13.1 Å². The zero-order valence-corrected chi connectivity index (χ0v) is 9.17. The molecule has 0 saturated carbocycles. The molecule has 0 atom stereocenters. The van der Waals surface area contributed by atoms with E-state index in [1.807, 2.05) is 16.8 Å². The smallest absolute Gasteiger partial charge is 0.322 e. The molecule has 0 aromatic carbocycles. The number of carbonyl (C=O) groups is 1. The van der Waals surface area contributed by atoms with Crippen LogP contribution in [0.25, 0.3) is 0 Å². The maximum atomic E-state index is 11.7. The molecule has 5 heteroatoms. The number of thiophene rings is 1. The van der Waals surface area contributed by atoms with Crippen molar-refractivity contribution in [2.75, 3.05) is 25.0 Å². The van der Waals surface area contributed by atoms with Crippen molar-refractivity contribution in [1.82, 2.24) is 4.90 Å². The van der Waals surface area contributed by atoms with Gasteiger partial charge in [0.25, 0.3) is 0 Å². The van der Waals surface area contributed by atoms with E-state index in [-0.39, 0.29) is 12.6 Å². The second-order valence-corrected chi connectivity index (χ2v) is 3.68. The zero-order valence-electron chi connectivity index (χ0n) is 8.35. The summed E-state index contributed by atoms with van der Waals surface area (Å²) in [5.74, 6) is 0. The Hall–Kier alpha value is -1.33. The fourth-order valence-corrected chi connectivity index (χ4v) is 1.68. The van der Waals surface area contributed by atoms with Crippen LogP contribution in [0.1, 0.15) is 0 Å². The molecule has 0 spiro atoms. The normalized spacial score (nSPS) is 9.67. The molecule has 0 radical (unpaired) electrons. The van der Waals surface area contributed by atoms with E-state index in [4.69, 9.17) is 5.11 Å². The van der Waals surface area contributed by atoms with Gasteiger partial charge in [0, 0.05) is 18.5 Å². The van der Waals surface area contributed by atoms with E-state index in [1.54, 1.807) is 6.08 Å². The van der Waals surface area contributed by atoms with Crippen molar-refractivity contribution in [3.8, 4) is 0 Å². The molecule has 82 valence electrons. The van der Waals surface area contributed by atoms with Gasteiger partial charge in [-0.15, -0.1) is 6.58 Å². The number of rotatable bonds is 5. The Bertz CT molecular complexity index is 311. The Morgan fingerprint density at radius 2 is 2.53 bits per heavy atom. The largest absolute Gasteiger partial charge is 0.395 e. The number of aliphatic hydroxyl groups is 1. The van der Waals surface area contributed by atoms with Gasteiger partial charge in [-0.1, -0.05) is 6.08 Å². The van der Waals surface area contributed by atoms with Crippen LogP contribution in [0.4, 0.5) is 10.5 Å². The molecule has 1 rings (SSSR count). The third-order valence-corrected chi connectivity index (χ3v) is 2.46. The predicted octanol–water partition coefficient (Wildman–Crippen LogP) is 1.76. The summed E-state index contributed by atoms with van der Waals surface area (Å²) in [4.78, 5) is 13.1. The molecule has 1 aromatic heterocycles. The highest BCUT2D eigenvalue weighted by Gasteiger charge is 2.11. The van der Waals surface area contributed by atoms with Crippen LogP contribution in [0.5, 0.6) is 0 Å². The summed E-state index contributed by atoms with van der Waals surface area (Å²) >= 11 is 1.52. The van der Waals surface area contributed by atoms with Crippen molar-refractivity contribution < 1.29 is 9.90 Å². The van der Waals surface area contributed by atoms with Crippen molar-refractivity contribution in [2.45, 2.75) is 0 Å². The molecule has 0 aliphatic heterocycles. The standard InChI is InChI=1S/C10H14N2O2S/c1-2-4-12(5-6-13)10(14)11-9-3-7-15-8-9/h2-3,7-8,13H,1,4-6H2,(H,11,14). The van der Waals surface area contributed by atoms with Gasteiger partial charge in [-0.25, -0.2) is 4.79 Å². The van der Waals surface area contributed by atoms with Gasteiger partial charge in [0.15, 0.2) is 0 Å². The Balaban J connectivity index is 2.52. The van der Waals surface area contributed by atoms with E-state index in [0.717, 1.165) is 5.69 Å². The minimum absolute atomic E-state index is 0.0507. The molecule has 2 amide bonds. The van der Waals surface area contributed by atoms with E-state index in [1.165, 1.54) is 16.2 Å². The molecule has 0 fully saturated rings. The number of carbonyl (C=O) groups excluding carboxylic acids is 1. The average Bonchev–Trinajstić information content (AvgIpc) is 2.70. The van der Waals surface area contributed by atoms with E-state index in [2.05, 4.69) is 11.9 Å². The highest BCUT2D eigenvalue weighted by Crippen LogP contribution is 2.12. The van der Waals surface area contributed by atoms with Gasteiger partial charge < -0.3 is 15.3 Å². The van der Waals surface area contributed by atoms with Gasteiger partial charge in [0.1, 0.15) is 0 Å². The molecule has 0 aliphatic rings. The lowest BCUT2D eigenvalue weighted by atomic mass is 10.4. The zero-order chi connectivity index (χ0) is 11.1. The molecule has 0 saturated heterocycles. The molecule has 1 heterocycles. The first-order valence-electron chi connectivity index (χ1n) is 4.57.